The molecule has 0 aliphatic carbocycles. The molecule has 1 fully saturated rings. The van der Waals surface area contributed by atoms with Crippen LogP contribution in [0.2, 0.25) is 0 Å². The van der Waals surface area contributed by atoms with Crippen molar-refractivity contribution in [2.24, 2.45) is 0 Å². The van der Waals surface area contributed by atoms with E-state index < -0.39 is 0 Å². The summed E-state index contributed by atoms with van der Waals surface area (Å²) in [6, 6.07) is 9.75. The normalized spacial score (nSPS) is 14.8. The van der Waals surface area contributed by atoms with Gasteiger partial charge in [-0.15, -0.1) is 0 Å². The highest BCUT2D eigenvalue weighted by Crippen LogP contribution is 2.20. The first-order chi connectivity index (χ1) is 11.1. The number of amides is 2. The molecule has 6 nitrogen and oxygen atoms in total. The lowest BCUT2D eigenvalue weighted by Crippen LogP contribution is -2.50. The minimum Gasteiger partial charge on any atom is -0.507 e. The smallest absolute Gasteiger partial charge is 0.289 e. The van der Waals surface area contributed by atoms with Gasteiger partial charge in [0.2, 0.25) is 0 Å². The zero-order chi connectivity index (χ0) is 16.4. The molecule has 1 N–H and O–H groups in total. The van der Waals surface area contributed by atoms with Crippen LogP contribution in [0.15, 0.2) is 45.5 Å². The standard InChI is InChI=1S/C16H15BrN2O4/c17-14-6-5-13(23-14)16(22)19-9-7-18(8-10-19)15(21)11-3-1-2-4-12(11)20/h1-6,20H,7-10H2. The molecule has 0 saturated carbocycles. The molecule has 2 heterocycles. The Morgan fingerprint density at radius 1 is 0.957 bits per heavy atom. The summed E-state index contributed by atoms with van der Waals surface area (Å²) < 4.78 is 5.78. The lowest BCUT2D eigenvalue weighted by atomic mass is 10.1. The fourth-order valence-corrected chi connectivity index (χ4v) is 2.83. The fourth-order valence-electron chi connectivity index (χ4n) is 2.52. The van der Waals surface area contributed by atoms with E-state index >= 15 is 0 Å². The molecule has 1 aromatic heterocycles. The van der Waals surface area contributed by atoms with E-state index in [9.17, 15) is 14.7 Å². The third-order valence-corrected chi connectivity index (χ3v) is 4.20. The van der Waals surface area contributed by atoms with Gasteiger partial charge in [-0.05, 0) is 40.2 Å². The molecule has 1 saturated heterocycles. The molecule has 3 rings (SSSR count). The quantitative estimate of drug-likeness (QED) is 0.870. The van der Waals surface area contributed by atoms with Crippen molar-refractivity contribution in [1.29, 1.82) is 0 Å². The van der Waals surface area contributed by atoms with Crippen LogP contribution in [0.25, 0.3) is 0 Å². The SMILES string of the molecule is O=C(c1ccc(Br)o1)N1CCN(C(=O)c2ccccc2O)CC1. The van der Waals surface area contributed by atoms with Crippen LogP contribution in [0.5, 0.6) is 5.75 Å². The molecule has 2 amide bonds. The van der Waals surface area contributed by atoms with Crippen molar-refractivity contribution in [2.75, 3.05) is 26.2 Å². The van der Waals surface area contributed by atoms with Gasteiger partial charge < -0.3 is 19.3 Å². The van der Waals surface area contributed by atoms with Crippen molar-refractivity contribution >= 4 is 27.7 Å². The Labute approximate surface area is 141 Å². The molecular weight excluding hydrogens is 364 g/mol. The van der Waals surface area contributed by atoms with Crippen molar-refractivity contribution in [1.82, 2.24) is 9.80 Å². The molecule has 120 valence electrons. The number of carbonyl (C=O) groups is 2. The Morgan fingerprint density at radius 2 is 1.57 bits per heavy atom. The number of piperazine rings is 1. The van der Waals surface area contributed by atoms with Crippen molar-refractivity contribution in [3.05, 3.63) is 52.4 Å². The predicted octanol–water partition coefficient (Wildman–Crippen LogP) is 2.35. The molecule has 1 aliphatic heterocycles. The number of rotatable bonds is 2. The van der Waals surface area contributed by atoms with Crippen molar-refractivity contribution in [3.63, 3.8) is 0 Å². The number of furan rings is 1. The minimum absolute atomic E-state index is 0.0311. The number of para-hydroxylation sites is 1. The highest BCUT2D eigenvalue weighted by atomic mass is 79.9. The number of phenols is 1. The molecule has 0 spiro atoms. The number of halogens is 1. The van der Waals surface area contributed by atoms with Gasteiger partial charge in [-0.1, -0.05) is 12.1 Å². The van der Waals surface area contributed by atoms with E-state index in [4.69, 9.17) is 4.42 Å². The lowest BCUT2D eigenvalue weighted by molar-refractivity contribution is 0.0516. The van der Waals surface area contributed by atoms with Gasteiger partial charge in [0.1, 0.15) is 5.75 Å². The lowest BCUT2D eigenvalue weighted by Gasteiger charge is -2.34. The molecule has 0 atom stereocenters. The zero-order valence-electron chi connectivity index (χ0n) is 12.2. The number of hydrogen-bond acceptors (Lipinski definition) is 4. The van der Waals surface area contributed by atoms with Gasteiger partial charge in [0.05, 0.1) is 5.56 Å². The van der Waals surface area contributed by atoms with Crippen molar-refractivity contribution in [3.8, 4) is 5.75 Å². The first-order valence-corrected chi connectivity index (χ1v) is 7.97. The van der Waals surface area contributed by atoms with Crippen LogP contribution in [-0.4, -0.2) is 52.9 Å². The van der Waals surface area contributed by atoms with Crippen molar-refractivity contribution < 1.29 is 19.1 Å². The largest absolute Gasteiger partial charge is 0.507 e. The third-order valence-electron chi connectivity index (χ3n) is 3.77. The Kier molecular flexibility index (Phi) is 4.38. The average molecular weight is 379 g/mol. The average Bonchev–Trinajstić information content (AvgIpc) is 3.01. The first kappa shape index (κ1) is 15.6. The molecule has 7 heteroatoms. The van der Waals surface area contributed by atoms with Crippen molar-refractivity contribution in [2.45, 2.75) is 0 Å². The van der Waals surface area contributed by atoms with Crippen LogP contribution in [-0.2, 0) is 0 Å². The zero-order valence-corrected chi connectivity index (χ0v) is 13.8. The summed E-state index contributed by atoms with van der Waals surface area (Å²) >= 11 is 3.17. The monoisotopic (exact) mass is 378 g/mol. The molecule has 2 aromatic rings. The second kappa shape index (κ2) is 6.45. The molecule has 0 unspecified atom stereocenters. The Hall–Kier alpha value is -2.28. The first-order valence-electron chi connectivity index (χ1n) is 7.18. The molecule has 0 bridgehead atoms. The van der Waals surface area contributed by atoms with Gasteiger partial charge in [-0.25, -0.2) is 0 Å². The number of hydrogen-bond donors (Lipinski definition) is 1. The highest BCUT2D eigenvalue weighted by Gasteiger charge is 2.27. The molecule has 0 radical (unpaired) electrons. The maximum Gasteiger partial charge on any atom is 0.289 e. The summed E-state index contributed by atoms with van der Waals surface area (Å²) in [4.78, 5) is 28.0. The summed E-state index contributed by atoms with van der Waals surface area (Å²) in [6.45, 7) is 1.69. The Bertz CT molecular complexity index is 735. The summed E-state index contributed by atoms with van der Waals surface area (Å²) in [5.74, 6) is -0.171. The molecule has 1 aliphatic rings. The number of aromatic hydroxyl groups is 1. The predicted molar refractivity (Wildman–Crippen MR) is 86.3 cm³/mol. The molecular formula is C16H15BrN2O4. The summed E-state index contributed by atoms with van der Waals surface area (Å²) in [6.07, 6.45) is 0. The number of carbonyl (C=O) groups excluding carboxylic acids is 2. The third kappa shape index (κ3) is 3.24. The second-order valence-electron chi connectivity index (χ2n) is 5.21. The summed E-state index contributed by atoms with van der Waals surface area (Å²) in [5.41, 5.74) is 0.280. The van der Waals surface area contributed by atoms with Gasteiger partial charge in [0.15, 0.2) is 10.4 Å². The second-order valence-corrected chi connectivity index (χ2v) is 5.99. The summed E-state index contributed by atoms with van der Waals surface area (Å²) in [5, 5.41) is 9.77. The van der Waals surface area contributed by atoms with Crippen LogP contribution < -0.4 is 0 Å². The molecule has 1 aromatic carbocycles. The van der Waals surface area contributed by atoms with E-state index in [1.54, 1.807) is 40.1 Å². The number of nitrogens with zero attached hydrogens (tertiary/aromatic N) is 2. The van der Waals surface area contributed by atoms with Crippen LogP contribution in [0.3, 0.4) is 0 Å². The minimum atomic E-state index is -0.226. The topological polar surface area (TPSA) is 74.0 Å². The highest BCUT2D eigenvalue weighted by molar-refractivity contribution is 9.10. The van der Waals surface area contributed by atoms with E-state index in [2.05, 4.69) is 15.9 Å². The van der Waals surface area contributed by atoms with Crippen LogP contribution in [0.4, 0.5) is 0 Å². The van der Waals surface area contributed by atoms with Gasteiger partial charge in [0.25, 0.3) is 11.8 Å². The fraction of sp³-hybridized carbons (Fsp3) is 0.250. The maximum atomic E-state index is 12.4. The number of benzene rings is 1. The van der Waals surface area contributed by atoms with Gasteiger partial charge in [-0.2, -0.15) is 0 Å². The van der Waals surface area contributed by atoms with Crippen LogP contribution >= 0.6 is 15.9 Å². The van der Waals surface area contributed by atoms with E-state index in [1.807, 2.05) is 0 Å². The Balaban J connectivity index is 1.63. The van der Waals surface area contributed by atoms with E-state index in [-0.39, 0.29) is 28.9 Å². The van der Waals surface area contributed by atoms with Crippen LogP contribution in [0, 0.1) is 0 Å². The van der Waals surface area contributed by atoms with Gasteiger partial charge >= 0.3 is 0 Å². The number of phenolic OH excluding ortho intramolecular Hbond substituents is 1. The van der Waals surface area contributed by atoms with Crippen LogP contribution in [0.1, 0.15) is 20.9 Å². The van der Waals surface area contributed by atoms with E-state index in [0.29, 0.717) is 30.8 Å². The van der Waals surface area contributed by atoms with Gasteiger partial charge in [0, 0.05) is 26.2 Å². The Morgan fingerprint density at radius 3 is 2.13 bits per heavy atom. The van der Waals surface area contributed by atoms with Gasteiger partial charge in [-0.3, -0.25) is 9.59 Å². The molecule has 23 heavy (non-hydrogen) atoms. The van der Waals surface area contributed by atoms with E-state index in [0.717, 1.165) is 0 Å². The summed E-state index contributed by atoms with van der Waals surface area (Å²) in [7, 11) is 0. The maximum absolute atomic E-state index is 12.4. The van der Waals surface area contributed by atoms with E-state index in [1.165, 1.54) is 6.07 Å².